The number of hydrogen-bond acceptors (Lipinski definition) is 4. The Balaban J connectivity index is 1.72. The summed E-state index contributed by atoms with van der Waals surface area (Å²) in [5.74, 6) is 0.247. The zero-order chi connectivity index (χ0) is 13.8. The molecule has 2 fully saturated rings. The molecule has 0 aliphatic carbocycles. The summed E-state index contributed by atoms with van der Waals surface area (Å²) in [7, 11) is 0. The van der Waals surface area contributed by atoms with Crippen LogP contribution in [0.4, 0.5) is 0 Å². The number of rotatable bonds is 3. The van der Waals surface area contributed by atoms with Crippen LogP contribution in [0.1, 0.15) is 39.5 Å². The number of carbonyl (C=O) groups is 2. The molecule has 2 aliphatic rings. The maximum Gasteiger partial charge on any atom is 0.248 e. The van der Waals surface area contributed by atoms with E-state index in [1.165, 1.54) is 0 Å². The van der Waals surface area contributed by atoms with Crippen molar-refractivity contribution >= 4 is 11.7 Å². The monoisotopic (exact) mass is 269 g/mol. The molecule has 0 aromatic carbocycles. The van der Waals surface area contributed by atoms with Crippen LogP contribution in [0.5, 0.6) is 0 Å². The van der Waals surface area contributed by atoms with Crippen molar-refractivity contribution in [2.45, 2.75) is 57.8 Å². The van der Waals surface area contributed by atoms with Gasteiger partial charge in [-0.3, -0.25) is 9.59 Å². The van der Waals surface area contributed by atoms with Gasteiger partial charge in [0.2, 0.25) is 5.91 Å². The first-order valence-corrected chi connectivity index (χ1v) is 7.11. The van der Waals surface area contributed by atoms with Crippen LogP contribution >= 0.6 is 0 Å². The molecule has 19 heavy (non-hydrogen) atoms. The van der Waals surface area contributed by atoms with Gasteiger partial charge in [0.25, 0.3) is 0 Å². The Kier molecular flexibility index (Phi) is 4.93. The van der Waals surface area contributed by atoms with E-state index in [-0.39, 0.29) is 36.6 Å². The van der Waals surface area contributed by atoms with Crippen molar-refractivity contribution in [3.8, 4) is 0 Å². The minimum absolute atomic E-state index is 0.000650. The van der Waals surface area contributed by atoms with Gasteiger partial charge >= 0.3 is 0 Å². The number of likely N-dealkylation sites (tertiary alicyclic amines) is 1. The van der Waals surface area contributed by atoms with Gasteiger partial charge in [0, 0.05) is 25.9 Å². The van der Waals surface area contributed by atoms with E-state index in [9.17, 15) is 9.59 Å². The minimum Gasteiger partial charge on any atom is -0.375 e. The zero-order valence-corrected chi connectivity index (χ0v) is 11.8. The van der Waals surface area contributed by atoms with E-state index in [2.05, 4.69) is 0 Å². The van der Waals surface area contributed by atoms with Crippen LogP contribution in [0.15, 0.2) is 0 Å². The second-order valence-corrected chi connectivity index (χ2v) is 5.58. The zero-order valence-electron chi connectivity index (χ0n) is 11.8. The standard InChI is InChI=1S/C14H23NO4/c1-10-7-13(8-11(2)19-10)18-9-14(17)15-5-3-12(16)4-6-15/h10-11,13H,3-9H2,1-2H3. The highest BCUT2D eigenvalue weighted by Crippen LogP contribution is 2.21. The van der Waals surface area contributed by atoms with Gasteiger partial charge in [-0.15, -0.1) is 0 Å². The molecule has 5 heteroatoms. The van der Waals surface area contributed by atoms with Crippen molar-refractivity contribution in [2.24, 2.45) is 0 Å². The fourth-order valence-corrected chi connectivity index (χ4v) is 2.77. The third-order valence-electron chi connectivity index (χ3n) is 3.77. The van der Waals surface area contributed by atoms with E-state index in [0.717, 1.165) is 12.8 Å². The number of amides is 1. The van der Waals surface area contributed by atoms with Crippen LogP contribution in [0.2, 0.25) is 0 Å². The van der Waals surface area contributed by atoms with Crippen molar-refractivity contribution in [3.63, 3.8) is 0 Å². The van der Waals surface area contributed by atoms with Crippen LogP contribution in [-0.4, -0.2) is 54.6 Å². The summed E-state index contributed by atoms with van der Waals surface area (Å²) < 4.78 is 11.3. The van der Waals surface area contributed by atoms with E-state index >= 15 is 0 Å². The number of ketones is 1. The second-order valence-electron chi connectivity index (χ2n) is 5.58. The molecule has 0 aromatic heterocycles. The molecule has 0 spiro atoms. The van der Waals surface area contributed by atoms with E-state index in [4.69, 9.17) is 9.47 Å². The molecule has 2 rings (SSSR count). The SMILES string of the molecule is CC1CC(OCC(=O)N2CCC(=O)CC2)CC(C)O1. The first-order chi connectivity index (χ1) is 9.04. The van der Waals surface area contributed by atoms with Crippen molar-refractivity contribution in [1.82, 2.24) is 4.90 Å². The molecule has 0 bridgehead atoms. The number of ether oxygens (including phenoxy) is 2. The maximum atomic E-state index is 12.0. The number of nitrogens with zero attached hydrogens (tertiary/aromatic N) is 1. The Morgan fingerprint density at radius 3 is 2.42 bits per heavy atom. The third-order valence-corrected chi connectivity index (χ3v) is 3.77. The van der Waals surface area contributed by atoms with Gasteiger partial charge in [-0.25, -0.2) is 0 Å². The summed E-state index contributed by atoms with van der Waals surface area (Å²) >= 11 is 0. The van der Waals surface area contributed by atoms with Crippen LogP contribution in [0, 0.1) is 0 Å². The summed E-state index contributed by atoms with van der Waals surface area (Å²) in [5.41, 5.74) is 0. The lowest BCUT2D eigenvalue weighted by Crippen LogP contribution is -2.42. The Bertz CT molecular complexity index is 324. The predicted octanol–water partition coefficient (Wildman–Crippen LogP) is 1.15. The Morgan fingerprint density at radius 1 is 1.26 bits per heavy atom. The lowest BCUT2D eigenvalue weighted by molar-refractivity contribution is -0.146. The quantitative estimate of drug-likeness (QED) is 0.771. The molecule has 2 heterocycles. The minimum atomic E-state index is -0.000650. The van der Waals surface area contributed by atoms with Crippen molar-refractivity contribution < 1.29 is 19.1 Å². The fraction of sp³-hybridized carbons (Fsp3) is 0.857. The molecule has 108 valence electrons. The smallest absolute Gasteiger partial charge is 0.248 e. The molecule has 5 nitrogen and oxygen atoms in total. The highest BCUT2D eigenvalue weighted by atomic mass is 16.5. The van der Waals surface area contributed by atoms with Gasteiger partial charge < -0.3 is 14.4 Å². The van der Waals surface area contributed by atoms with Gasteiger partial charge in [-0.1, -0.05) is 0 Å². The molecule has 2 aliphatic heterocycles. The molecule has 2 saturated heterocycles. The molecule has 0 aromatic rings. The fourth-order valence-electron chi connectivity index (χ4n) is 2.77. The lowest BCUT2D eigenvalue weighted by atomic mass is 10.0. The molecule has 0 saturated carbocycles. The summed E-state index contributed by atoms with van der Waals surface area (Å²) in [6, 6.07) is 0. The Hall–Kier alpha value is -0.940. The summed E-state index contributed by atoms with van der Waals surface area (Å²) in [6.45, 7) is 5.27. The van der Waals surface area contributed by atoms with E-state index < -0.39 is 0 Å². The number of piperidine rings is 1. The Labute approximate surface area is 114 Å². The second kappa shape index (κ2) is 6.48. The maximum absolute atomic E-state index is 12.0. The van der Waals surface area contributed by atoms with Gasteiger partial charge in [-0.2, -0.15) is 0 Å². The van der Waals surface area contributed by atoms with E-state index in [1.807, 2.05) is 13.8 Å². The molecule has 0 radical (unpaired) electrons. The average Bonchev–Trinajstić information content (AvgIpc) is 2.36. The van der Waals surface area contributed by atoms with Gasteiger partial charge in [0.1, 0.15) is 12.4 Å². The molecular formula is C14H23NO4. The highest BCUT2D eigenvalue weighted by Gasteiger charge is 2.27. The molecular weight excluding hydrogens is 246 g/mol. The van der Waals surface area contributed by atoms with Crippen LogP contribution < -0.4 is 0 Å². The number of hydrogen-bond donors (Lipinski definition) is 0. The van der Waals surface area contributed by atoms with Crippen LogP contribution in [0.3, 0.4) is 0 Å². The predicted molar refractivity (Wildman–Crippen MR) is 69.8 cm³/mol. The van der Waals surface area contributed by atoms with E-state index in [1.54, 1.807) is 4.90 Å². The van der Waals surface area contributed by atoms with Crippen molar-refractivity contribution in [1.29, 1.82) is 0 Å². The van der Waals surface area contributed by atoms with Crippen LogP contribution in [-0.2, 0) is 19.1 Å². The van der Waals surface area contributed by atoms with Crippen molar-refractivity contribution in [2.75, 3.05) is 19.7 Å². The summed E-state index contributed by atoms with van der Waals surface area (Å²) in [6.07, 6.45) is 3.14. The topological polar surface area (TPSA) is 55.8 Å². The van der Waals surface area contributed by atoms with Crippen molar-refractivity contribution in [3.05, 3.63) is 0 Å². The summed E-state index contributed by atoms with van der Waals surface area (Å²) in [4.78, 5) is 24.8. The normalized spacial score (nSPS) is 32.4. The molecule has 2 atom stereocenters. The summed E-state index contributed by atoms with van der Waals surface area (Å²) in [5, 5.41) is 0. The first kappa shape index (κ1) is 14.5. The highest BCUT2D eigenvalue weighted by molar-refractivity contribution is 5.83. The van der Waals surface area contributed by atoms with Gasteiger partial charge in [-0.05, 0) is 26.7 Å². The molecule has 2 unspecified atom stereocenters. The third kappa shape index (κ3) is 4.28. The van der Waals surface area contributed by atoms with Gasteiger partial charge in [0.05, 0.1) is 18.3 Å². The molecule has 1 amide bonds. The van der Waals surface area contributed by atoms with Gasteiger partial charge in [0.15, 0.2) is 0 Å². The number of carbonyl (C=O) groups excluding carboxylic acids is 2. The average molecular weight is 269 g/mol. The largest absolute Gasteiger partial charge is 0.375 e. The Morgan fingerprint density at radius 2 is 1.84 bits per heavy atom. The van der Waals surface area contributed by atoms with E-state index in [0.29, 0.717) is 25.9 Å². The lowest BCUT2D eigenvalue weighted by Gasteiger charge is -2.32. The van der Waals surface area contributed by atoms with Crippen LogP contribution in [0.25, 0.3) is 0 Å². The first-order valence-electron chi connectivity index (χ1n) is 7.11. The number of Topliss-reactive ketones (excluding diaryl/α,β-unsaturated/α-hetero) is 1. The molecule has 0 N–H and O–H groups in total.